The minimum absolute atomic E-state index is 0.0759. The van der Waals surface area contributed by atoms with Crippen molar-refractivity contribution in [3.05, 3.63) is 23.4 Å². The van der Waals surface area contributed by atoms with Crippen LogP contribution in [0.15, 0.2) is 28.4 Å². The largest absolute Gasteiger partial charge is 0.441 e. The Morgan fingerprint density at radius 2 is 2.15 bits per heavy atom. The van der Waals surface area contributed by atoms with Crippen molar-refractivity contribution in [3.8, 4) is 0 Å². The number of aliphatic hydroxyl groups excluding tert-OH is 1. The molecule has 1 fully saturated rings. The fourth-order valence-electron chi connectivity index (χ4n) is 3.79. The monoisotopic (exact) mass is 376 g/mol. The predicted molar refractivity (Wildman–Crippen MR) is 101 cm³/mol. The third-order valence-electron chi connectivity index (χ3n) is 5.41. The number of carbonyl (C=O) groups is 2. The molecule has 0 spiro atoms. The van der Waals surface area contributed by atoms with Gasteiger partial charge in [-0.1, -0.05) is 0 Å². The number of carbonyl (C=O) groups excluding carboxylic acids is 2. The highest BCUT2D eigenvalue weighted by Crippen LogP contribution is 2.32. The molecule has 1 saturated heterocycles. The van der Waals surface area contributed by atoms with E-state index in [1.165, 1.54) is 4.90 Å². The van der Waals surface area contributed by atoms with E-state index in [9.17, 15) is 14.7 Å². The highest BCUT2D eigenvalue weighted by molar-refractivity contribution is 5.98. The van der Waals surface area contributed by atoms with E-state index in [1.54, 1.807) is 13.0 Å². The molecule has 8 heteroatoms. The first-order chi connectivity index (χ1) is 13.0. The highest BCUT2D eigenvalue weighted by atomic mass is 16.6. The molecule has 0 aromatic heterocycles. The van der Waals surface area contributed by atoms with Gasteiger partial charge in [-0.25, -0.2) is 4.79 Å². The summed E-state index contributed by atoms with van der Waals surface area (Å²) in [5.41, 5.74) is 2.15. The zero-order chi connectivity index (χ0) is 19.4. The second-order valence-electron chi connectivity index (χ2n) is 7.12. The molecule has 2 heterocycles. The third kappa shape index (κ3) is 4.22. The molecule has 0 aromatic carbocycles. The Morgan fingerprint density at radius 3 is 2.74 bits per heavy atom. The lowest BCUT2D eigenvalue weighted by Gasteiger charge is -2.31. The molecule has 3 unspecified atom stereocenters. The van der Waals surface area contributed by atoms with Gasteiger partial charge in [0.1, 0.15) is 11.9 Å². The molecular weight excluding hydrogens is 348 g/mol. The summed E-state index contributed by atoms with van der Waals surface area (Å²) in [6.45, 7) is 3.16. The van der Waals surface area contributed by atoms with Gasteiger partial charge >= 0.3 is 6.09 Å². The molecule has 1 aliphatic carbocycles. The Labute approximate surface area is 159 Å². The maximum absolute atomic E-state index is 12.7. The van der Waals surface area contributed by atoms with Crippen LogP contribution in [0.25, 0.3) is 0 Å². The van der Waals surface area contributed by atoms with Gasteiger partial charge in [-0.3, -0.25) is 14.7 Å². The maximum atomic E-state index is 12.7. The summed E-state index contributed by atoms with van der Waals surface area (Å²) in [6.07, 6.45) is 5.51. The zero-order valence-electron chi connectivity index (χ0n) is 15.9. The predicted octanol–water partition coefficient (Wildman–Crippen LogP) is 0.731. The van der Waals surface area contributed by atoms with Gasteiger partial charge < -0.3 is 20.5 Å². The van der Waals surface area contributed by atoms with Gasteiger partial charge in [0.25, 0.3) is 0 Å². The number of nitrogens with one attached hydrogen (secondary N) is 2. The van der Waals surface area contributed by atoms with Crippen LogP contribution in [-0.2, 0) is 9.53 Å². The summed E-state index contributed by atoms with van der Waals surface area (Å²) in [5.74, 6) is 0.895. The average Bonchev–Trinajstić information content (AvgIpc) is 2.96. The number of allylic oxidation sites excluding steroid dienone is 2. The van der Waals surface area contributed by atoms with Crippen LogP contribution in [0.2, 0.25) is 0 Å². The van der Waals surface area contributed by atoms with Crippen LogP contribution in [0.5, 0.6) is 0 Å². The van der Waals surface area contributed by atoms with Crippen molar-refractivity contribution < 1.29 is 19.4 Å². The molecular formula is C19H28N4O4. The average molecular weight is 376 g/mol. The fourth-order valence-corrected chi connectivity index (χ4v) is 3.79. The smallest absolute Gasteiger partial charge is 0.411 e. The lowest BCUT2D eigenvalue weighted by molar-refractivity contribution is -0.119. The SMILES string of the molecule is CNCCN=C1CCC(C2=CC(=O)C(N3C(=O)OC(CO)C3C)CC2)=CN1. The second kappa shape index (κ2) is 8.67. The summed E-state index contributed by atoms with van der Waals surface area (Å²) in [7, 11) is 1.90. The molecule has 3 atom stereocenters. The Kier molecular flexibility index (Phi) is 6.28. The molecule has 0 bridgehead atoms. The van der Waals surface area contributed by atoms with Crippen LogP contribution in [0, 0.1) is 0 Å². The van der Waals surface area contributed by atoms with E-state index < -0.39 is 18.2 Å². The van der Waals surface area contributed by atoms with Crippen LogP contribution in [0.3, 0.4) is 0 Å². The van der Waals surface area contributed by atoms with Gasteiger partial charge in [0, 0.05) is 19.2 Å². The molecule has 1 amide bonds. The molecule has 0 aromatic rings. The quantitative estimate of drug-likeness (QED) is 0.591. The number of hydrogen-bond donors (Lipinski definition) is 3. The molecule has 27 heavy (non-hydrogen) atoms. The number of aliphatic imine (C=N–C) groups is 1. The van der Waals surface area contributed by atoms with Crippen molar-refractivity contribution in [1.82, 2.24) is 15.5 Å². The maximum Gasteiger partial charge on any atom is 0.411 e. The molecule has 8 nitrogen and oxygen atoms in total. The van der Waals surface area contributed by atoms with Gasteiger partial charge in [0.2, 0.25) is 0 Å². The normalized spacial score (nSPS) is 30.1. The summed E-state index contributed by atoms with van der Waals surface area (Å²) in [5, 5.41) is 15.6. The van der Waals surface area contributed by atoms with E-state index in [1.807, 2.05) is 13.2 Å². The topological polar surface area (TPSA) is 103 Å². The summed E-state index contributed by atoms with van der Waals surface area (Å²) >= 11 is 0. The lowest BCUT2D eigenvalue weighted by atomic mass is 9.86. The second-order valence-corrected chi connectivity index (χ2v) is 7.12. The fraction of sp³-hybridized carbons (Fsp3) is 0.632. The first-order valence-electron chi connectivity index (χ1n) is 9.53. The molecule has 3 rings (SSSR count). The molecule has 148 valence electrons. The Bertz CT molecular complexity index is 685. The Hall–Kier alpha value is -2.19. The number of rotatable bonds is 6. The third-order valence-corrected chi connectivity index (χ3v) is 5.41. The minimum atomic E-state index is -0.568. The van der Waals surface area contributed by atoms with Crippen molar-refractivity contribution in [2.24, 2.45) is 4.99 Å². The summed E-state index contributed by atoms with van der Waals surface area (Å²) in [4.78, 5) is 30.8. The van der Waals surface area contributed by atoms with Crippen molar-refractivity contribution in [3.63, 3.8) is 0 Å². The standard InChI is InChI=1S/C19H28N4O4/c1-12-17(11-24)27-19(26)23(12)15-5-3-13(9-16(15)25)14-4-6-18(22-10-14)21-8-7-20-2/h9-10,12,15,17,20,24H,3-8,11H2,1-2H3,(H,21,22). The Morgan fingerprint density at radius 1 is 1.33 bits per heavy atom. The van der Waals surface area contributed by atoms with Crippen molar-refractivity contribution in [2.45, 2.75) is 50.8 Å². The lowest BCUT2D eigenvalue weighted by Crippen LogP contribution is -2.47. The van der Waals surface area contributed by atoms with E-state index in [0.29, 0.717) is 6.42 Å². The number of hydrogen-bond acceptors (Lipinski definition) is 6. The van der Waals surface area contributed by atoms with Gasteiger partial charge in [-0.2, -0.15) is 0 Å². The summed E-state index contributed by atoms with van der Waals surface area (Å²) in [6, 6.07) is -0.818. The zero-order valence-corrected chi connectivity index (χ0v) is 15.9. The number of aliphatic hydroxyl groups is 1. The van der Waals surface area contributed by atoms with Crippen LogP contribution < -0.4 is 10.6 Å². The molecule has 0 radical (unpaired) electrons. The van der Waals surface area contributed by atoms with Gasteiger partial charge in [0.05, 0.1) is 25.2 Å². The van der Waals surface area contributed by atoms with E-state index in [2.05, 4.69) is 15.6 Å². The minimum Gasteiger partial charge on any atom is -0.441 e. The molecule has 0 saturated carbocycles. The van der Waals surface area contributed by atoms with Crippen molar-refractivity contribution in [1.29, 1.82) is 0 Å². The first kappa shape index (κ1) is 19.6. The Balaban J connectivity index is 1.65. The molecule has 2 aliphatic heterocycles. The first-order valence-corrected chi connectivity index (χ1v) is 9.53. The van der Waals surface area contributed by atoms with Crippen molar-refractivity contribution in [2.75, 3.05) is 26.7 Å². The van der Waals surface area contributed by atoms with E-state index in [4.69, 9.17) is 4.74 Å². The number of nitrogens with zero attached hydrogens (tertiary/aromatic N) is 2. The number of amidine groups is 1. The van der Waals surface area contributed by atoms with E-state index >= 15 is 0 Å². The number of cyclic esters (lactones) is 1. The van der Waals surface area contributed by atoms with Crippen molar-refractivity contribution >= 4 is 17.7 Å². The number of likely N-dealkylation sites (N-methyl/N-ethyl adjacent to an activating group) is 1. The van der Waals surface area contributed by atoms with Gasteiger partial charge in [-0.15, -0.1) is 0 Å². The van der Waals surface area contributed by atoms with Crippen LogP contribution >= 0.6 is 0 Å². The van der Waals surface area contributed by atoms with Crippen LogP contribution in [0.4, 0.5) is 4.79 Å². The van der Waals surface area contributed by atoms with E-state index in [0.717, 1.165) is 49.3 Å². The number of ether oxygens (including phenoxy) is 1. The summed E-state index contributed by atoms with van der Waals surface area (Å²) < 4.78 is 5.16. The van der Waals surface area contributed by atoms with Crippen LogP contribution in [0.1, 0.15) is 32.6 Å². The molecule has 3 N–H and O–H groups in total. The molecule has 3 aliphatic rings. The number of ketones is 1. The highest BCUT2D eigenvalue weighted by Gasteiger charge is 2.45. The van der Waals surface area contributed by atoms with E-state index in [-0.39, 0.29) is 18.4 Å². The number of amides is 1. The van der Waals surface area contributed by atoms with Gasteiger partial charge in [-0.05, 0) is 50.5 Å². The van der Waals surface area contributed by atoms with Gasteiger partial charge in [0.15, 0.2) is 5.78 Å². The van der Waals surface area contributed by atoms with Crippen LogP contribution in [-0.4, -0.2) is 72.7 Å².